The third-order valence-corrected chi connectivity index (χ3v) is 6.04. The van der Waals surface area contributed by atoms with Gasteiger partial charge in [0.2, 0.25) is 10.0 Å². The summed E-state index contributed by atoms with van der Waals surface area (Å²) in [5.74, 6) is -0.322. The molecule has 6 nitrogen and oxygen atoms in total. The average Bonchev–Trinajstić information content (AvgIpc) is 3.03. The summed E-state index contributed by atoms with van der Waals surface area (Å²) in [5.41, 5.74) is 0.437. The number of hydrogen-bond acceptors (Lipinski definition) is 4. The van der Waals surface area contributed by atoms with Gasteiger partial charge in [0.15, 0.2) is 0 Å². The van der Waals surface area contributed by atoms with Crippen LogP contribution in [0, 0.1) is 18.7 Å². The van der Waals surface area contributed by atoms with Crippen LogP contribution in [0.25, 0.3) is 0 Å². The molecule has 1 saturated heterocycles. The summed E-state index contributed by atoms with van der Waals surface area (Å²) < 4.78 is 42.3. The van der Waals surface area contributed by atoms with E-state index in [0.29, 0.717) is 25.2 Å². The molecule has 1 unspecified atom stereocenters. The normalized spacial score (nSPS) is 19.8. The zero-order chi connectivity index (χ0) is 16.4. The number of benzene rings is 1. The minimum Gasteiger partial charge on any atom is -0.253 e. The fourth-order valence-corrected chi connectivity index (χ4v) is 4.44. The number of rotatable bonds is 4. The van der Waals surface area contributed by atoms with Crippen LogP contribution in [0.1, 0.15) is 18.4 Å². The molecule has 0 N–H and O–H groups in total. The van der Waals surface area contributed by atoms with Crippen molar-refractivity contribution in [2.45, 2.75) is 31.2 Å². The van der Waals surface area contributed by atoms with Crippen molar-refractivity contribution in [1.29, 1.82) is 0 Å². The lowest BCUT2D eigenvalue weighted by Gasteiger charge is -2.31. The van der Waals surface area contributed by atoms with Gasteiger partial charge < -0.3 is 0 Å². The van der Waals surface area contributed by atoms with Crippen molar-refractivity contribution in [3.05, 3.63) is 42.2 Å². The van der Waals surface area contributed by atoms with Gasteiger partial charge in [0.1, 0.15) is 18.5 Å². The highest BCUT2D eigenvalue weighted by Crippen LogP contribution is 2.25. The van der Waals surface area contributed by atoms with Crippen molar-refractivity contribution >= 4 is 10.0 Å². The van der Waals surface area contributed by atoms with Crippen molar-refractivity contribution in [2.75, 3.05) is 13.1 Å². The standard InChI is InChI=1S/C15H19FN4O2S/c1-12-4-5-14(7-15(12)16)23(21,22)20-6-2-3-13(9-20)8-19-11-17-10-18-19/h4-5,7,10-11,13H,2-3,6,8-9H2,1H3. The van der Waals surface area contributed by atoms with Crippen LogP contribution in [0.4, 0.5) is 4.39 Å². The first kappa shape index (κ1) is 16.1. The number of hydrogen-bond donors (Lipinski definition) is 0. The van der Waals surface area contributed by atoms with Crippen LogP contribution in [-0.2, 0) is 16.6 Å². The molecule has 2 aromatic rings. The van der Waals surface area contributed by atoms with E-state index in [1.54, 1.807) is 17.9 Å². The molecule has 0 spiro atoms. The molecule has 1 aliphatic heterocycles. The van der Waals surface area contributed by atoms with E-state index in [-0.39, 0.29) is 10.8 Å². The van der Waals surface area contributed by atoms with Gasteiger partial charge >= 0.3 is 0 Å². The second-order valence-electron chi connectivity index (χ2n) is 5.90. The first-order valence-electron chi connectivity index (χ1n) is 7.55. The van der Waals surface area contributed by atoms with Crippen LogP contribution >= 0.6 is 0 Å². The van der Waals surface area contributed by atoms with Gasteiger partial charge in [0.05, 0.1) is 4.90 Å². The van der Waals surface area contributed by atoms with Crippen molar-refractivity contribution < 1.29 is 12.8 Å². The molecule has 0 radical (unpaired) electrons. The maximum atomic E-state index is 13.7. The molecule has 3 rings (SSSR count). The highest BCUT2D eigenvalue weighted by Gasteiger charge is 2.30. The second kappa shape index (κ2) is 6.37. The Morgan fingerprint density at radius 2 is 2.22 bits per heavy atom. The monoisotopic (exact) mass is 338 g/mol. The lowest BCUT2D eigenvalue weighted by Crippen LogP contribution is -2.41. The zero-order valence-corrected chi connectivity index (χ0v) is 13.7. The van der Waals surface area contributed by atoms with E-state index in [1.165, 1.54) is 22.8 Å². The average molecular weight is 338 g/mol. The predicted molar refractivity (Wildman–Crippen MR) is 82.6 cm³/mol. The minimum atomic E-state index is -3.67. The quantitative estimate of drug-likeness (QED) is 0.853. The Labute approximate surface area is 135 Å². The Morgan fingerprint density at radius 1 is 1.39 bits per heavy atom. The SMILES string of the molecule is Cc1ccc(S(=O)(=O)N2CCCC(Cn3cncn3)C2)cc1F. The van der Waals surface area contributed by atoms with Gasteiger partial charge in [-0.3, -0.25) is 4.68 Å². The summed E-state index contributed by atoms with van der Waals surface area (Å²) in [6, 6.07) is 4.07. The van der Waals surface area contributed by atoms with Crippen LogP contribution in [0.2, 0.25) is 0 Å². The molecule has 0 saturated carbocycles. The molecule has 1 fully saturated rings. The van der Waals surface area contributed by atoms with Gasteiger partial charge in [0, 0.05) is 19.6 Å². The number of halogens is 1. The van der Waals surface area contributed by atoms with E-state index in [0.717, 1.165) is 18.9 Å². The van der Waals surface area contributed by atoms with Crippen molar-refractivity contribution in [3.63, 3.8) is 0 Å². The van der Waals surface area contributed by atoms with Gasteiger partial charge in [-0.15, -0.1) is 0 Å². The molecule has 1 aromatic heterocycles. The number of aromatic nitrogens is 3. The van der Waals surface area contributed by atoms with Gasteiger partial charge in [0.25, 0.3) is 0 Å². The van der Waals surface area contributed by atoms with Crippen LogP contribution in [0.3, 0.4) is 0 Å². The van der Waals surface area contributed by atoms with E-state index >= 15 is 0 Å². The Hall–Kier alpha value is -1.80. The number of aryl methyl sites for hydroxylation is 1. The second-order valence-corrected chi connectivity index (χ2v) is 7.84. The number of nitrogens with zero attached hydrogens (tertiary/aromatic N) is 4. The maximum Gasteiger partial charge on any atom is 0.243 e. The van der Waals surface area contributed by atoms with E-state index in [2.05, 4.69) is 10.1 Å². The molecule has 2 heterocycles. The summed E-state index contributed by atoms with van der Waals surface area (Å²) in [6.07, 6.45) is 4.82. The van der Waals surface area contributed by atoms with Crippen LogP contribution in [-0.4, -0.2) is 40.6 Å². The molecular weight excluding hydrogens is 319 g/mol. The summed E-state index contributed by atoms with van der Waals surface area (Å²) in [6.45, 7) is 3.12. The summed E-state index contributed by atoms with van der Waals surface area (Å²) in [4.78, 5) is 3.92. The van der Waals surface area contributed by atoms with Gasteiger partial charge in [-0.05, 0) is 43.4 Å². The van der Waals surface area contributed by atoms with Gasteiger partial charge in [-0.25, -0.2) is 17.8 Å². The first-order chi connectivity index (χ1) is 11.0. The predicted octanol–water partition coefficient (Wildman–Crippen LogP) is 1.83. The minimum absolute atomic E-state index is 0.0157. The smallest absolute Gasteiger partial charge is 0.243 e. The Morgan fingerprint density at radius 3 is 2.91 bits per heavy atom. The molecule has 8 heteroatoms. The van der Waals surface area contributed by atoms with Crippen molar-refractivity contribution in [2.24, 2.45) is 5.92 Å². The van der Waals surface area contributed by atoms with Gasteiger partial charge in [-0.2, -0.15) is 9.40 Å². The molecule has 0 bridgehead atoms. The molecule has 0 aliphatic carbocycles. The molecule has 1 atom stereocenters. The topological polar surface area (TPSA) is 68.1 Å². The fraction of sp³-hybridized carbons (Fsp3) is 0.467. The van der Waals surface area contributed by atoms with Crippen molar-refractivity contribution in [1.82, 2.24) is 19.1 Å². The van der Waals surface area contributed by atoms with Crippen LogP contribution < -0.4 is 0 Å². The van der Waals surface area contributed by atoms with Gasteiger partial charge in [-0.1, -0.05) is 6.07 Å². The van der Waals surface area contributed by atoms with E-state index in [9.17, 15) is 12.8 Å². The third-order valence-electron chi connectivity index (χ3n) is 4.17. The van der Waals surface area contributed by atoms with Crippen LogP contribution in [0.5, 0.6) is 0 Å². The molecule has 0 amide bonds. The third kappa shape index (κ3) is 3.42. The fourth-order valence-electron chi connectivity index (χ4n) is 2.87. The molecule has 1 aromatic carbocycles. The van der Waals surface area contributed by atoms with Crippen molar-refractivity contribution in [3.8, 4) is 0 Å². The first-order valence-corrected chi connectivity index (χ1v) is 8.99. The highest BCUT2D eigenvalue weighted by molar-refractivity contribution is 7.89. The largest absolute Gasteiger partial charge is 0.253 e. The summed E-state index contributed by atoms with van der Waals surface area (Å²) >= 11 is 0. The number of piperidine rings is 1. The van der Waals surface area contributed by atoms with Crippen LogP contribution in [0.15, 0.2) is 35.7 Å². The Bertz CT molecular complexity index is 777. The molecule has 1 aliphatic rings. The van der Waals surface area contributed by atoms with E-state index < -0.39 is 15.8 Å². The maximum absolute atomic E-state index is 13.7. The molecule has 23 heavy (non-hydrogen) atoms. The summed E-state index contributed by atoms with van der Waals surface area (Å²) in [7, 11) is -3.67. The van der Waals surface area contributed by atoms with E-state index in [1.807, 2.05) is 0 Å². The lowest BCUT2D eigenvalue weighted by atomic mass is 10.00. The number of sulfonamides is 1. The molecule has 124 valence electrons. The van der Waals surface area contributed by atoms with E-state index in [4.69, 9.17) is 0 Å². The highest BCUT2D eigenvalue weighted by atomic mass is 32.2. The molecular formula is C15H19FN4O2S. The Balaban J connectivity index is 1.77. The zero-order valence-electron chi connectivity index (χ0n) is 12.9. The lowest BCUT2D eigenvalue weighted by molar-refractivity contribution is 0.239. The Kier molecular flexibility index (Phi) is 4.45. The summed E-state index contributed by atoms with van der Waals surface area (Å²) in [5, 5.41) is 4.07.